The Balaban J connectivity index is 0.000000254. The molecular weight excluding hydrogens is 359 g/mol. The van der Waals surface area contributed by atoms with Crippen molar-refractivity contribution in [3.8, 4) is 0 Å². The van der Waals surface area contributed by atoms with Crippen LogP contribution in [0.15, 0.2) is 24.5 Å². The van der Waals surface area contributed by atoms with Crippen LogP contribution in [0.2, 0.25) is 10.3 Å². The quantitative estimate of drug-likeness (QED) is 0.416. The fourth-order valence-electron chi connectivity index (χ4n) is 1.56. The lowest BCUT2D eigenvalue weighted by molar-refractivity contribution is 0.140. The van der Waals surface area contributed by atoms with Gasteiger partial charge in [0.25, 0.3) is 0 Å². The average Bonchev–Trinajstić information content (AvgIpc) is 2.54. The number of hydroxylamine groups is 1. The van der Waals surface area contributed by atoms with Gasteiger partial charge >= 0.3 is 6.09 Å². The van der Waals surface area contributed by atoms with Crippen LogP contribution in [0.25, 0.3) is 0 Å². The zero-order chi connectivity index (χ0) is 18.3. The van der Waals surface area contributed by atoms with Crippen LogP contribution >= 0.6 is 23.2 Å². The molecule has 0 aliphatic rings. The van der Waals surface area contributed by atoms with Crippen LogP contribution in [0.5, 0.6) is 0 Å². The average molecular weight is 375 g/mol. The van der Waals surface area contributed by atoms with Gasteiger partial charge in [0.2, 0.25) is 0 Å². The van der Waals surface area contributed by atoms with Gasteiger partial charge in [0.1, 0.15) is 10.3 Å². The molecule has 0 aliphatic heterocycles. The van der Waals surface area contributed by atoms with E-state index in [0.29, 0.717) is 26.6 Å². The molecule has 0 bridgehead atoms. The van der Waals surface area contributed by atoms with E-state index < -0.39 is 6.09 Å². The third-order valence-electron chi connectivity index (χ3n) is 2.82. The van der Waals surface area contributed by atoms with E-state index in [1.807, 2.05) is 12.4 Å². The summed E-state index contributed by atoms with van der Waals surface area (Å²) in [4.78, 5) is 18.4. The largest absolute Gasteiger partial charge is 0.451 e. The Bertz CT molecular complexity index is 715. The highest BCUT2D eigenvalue weighted by Crippen LogP contribution is 2.20. The molecule has 24 heavy (non-hydrogen) atoms. The number of rotatable bonds is 2. The molecule has 2 aromatic heterocycles. The molecule has 2 aromatic rings. The number of halogens is 2. The van der Waals surface area contributed by atoms with Crippen molar-refractivity contribution >= 4 is 40.7 Å². The van der Waals surface area contributed by atoms with Gasteiger partial charge in [0.05, 0.1) is 30.9 Å². The van der Waals surface area contributed by atoms with Gasteiger partial charge < -0.3 is 4.74 Å². The van der Waals surface area contributed by atoms with Crippen LogP contribution in [0.1, 0.15) is 11.1 Å². The summed E-state index contributed by atoms with van der Waals surface area (Å²) < 4.78 is 4.33. The number of aromatic nitrogens is 2. The SMILES string of the molecule is COC(=O)N(O)c1cnc(Cl)cc1C.Cc1cc(Cl)ncc1NO. The molecule has 0 aromatic carbocycles. The molecular formula is C14H16Cl2N4O4. The van der Waals surface area contributed by atoms with Crippen molar-refractivity contribution in [1.82, 2.24) is 9.97 Å². The number of pyridine rings is 2. The van der Waals surface area contributed by atoms with E-state index in [1.165, 1.54) is 25.6 Å². The van der Waals surface area contributed by atoms with E-state index in [1.54, 1.807) is 13.0 Å². The summed E-state index contributed by atoms with van der Waals surface area (Å²) >= 11 is 11.2. The van der Waals surface area contributed by atoms with Crippen LogP contribution in [-0.2, 0) is 4.74 Å². The smallest absolute Gasteiger partial charge is 0.438 e. The van der Waals surface area contributed by atoms with Gasteiger partial charge in [-0.2, -0.15) is 5.06 Å². The first-order valence-corrected chi connectivity index (χ1v) is 7.27. The van der Waals surface area contributed by atoms with E-state index in [-0.39, 0.29) is 5.69 Å². The summed E-state index contributed by atoms with van der Waals surface area (Å²) in [6, 6.07) is 3.20. The van der Waals surface area contributed by atoms with Crippen LogP contribution in [-0.4, -0.2) is 33.6 Å². The summed E-state index contributed by atoms with van der Waals surface area (Å²) in [5.74, 6) is 0. The van der Waals surface area contributed by atoms with Crippen molar-refractivity contribution in [3.05, 3.63) is 46.0 Å². The van der Waals surface area contributed by atoms with Crippen molar-refractivity contribution in [1.29, 1.82) is 0 Å². The number of methoxy groups -OCH3 is 1. The van der Waals surface area contributed by atoms with E-state index in [9.17, 15) is 10.0 Å². The summed E-state index contributed by atoms with van der Waals surface area (Å²) in [7, 11) is 1.17. The summed E-state index contributed by atoms with van der Waals surface area (Å²) in [5, 5.41) is 18.9. The molecule has 2 rings (SSSR count). The number of ether oxygens (including phenoxy) is 1. The zero-order valence-corrected chi connectivity index (χ0v) is 14.6. The van der Waals surface area contributed by atoms with Gasteiger partial charge in [-0.3, -0.25) is 15.9 Å². The maximum absolute atomic E-state index is 10.9. The van der Waals surface area contributed by atoms with E-state index in [4.69, 9.17) is 28.4 Å². The highest BCUT2D eigenvalue weighted by Gasteiger charge is 2.15. The van der Waals surface area contributed by atoms with Crippen molar-refractivity contribution in [2.75, 3.05) is 17.7 Å². The van der Waals surface area contributed by atoms with Crippen molar-refractivity contribution in [3.63, 3.8) is 0 Å². The van der Waals surface area contributed by atoms with Gasteiger partial charge in [0, 0.05) is 0 Å². The Morgan fingerprint density at radius 1 is 1.17 bits per heavy atom. The van der Waals surface area contributed by atoms with Gasteiger partial charge in [-0.15, -0.1) is 0 Å². The summed E-state index contributed by atoms with van der Waals surface area (Å²) in [6.07, 6.45) is 1.88. The molecule has 10 heteroatoms. The third kappa shape index (κ3) is 5.50. The lowest BCUT2D eigenvalue weighted by atomic mass is 10.2. The molecule has 0 fully saturated rings. The lowest BCUT2D eigenvalue weighted by Crippen LogP contribution is -2.27. The monoisotopic (exact) mass is 374 g/mol. The van der Waals surface area contributed by atoms with E-state index >= 15 is 0 Å². The van der Waals surface area contributed by atoms with E-state index in [0.717, 1.165) is 5.56 Å². The number of carbonyl (C=O) groups excluding carboxylic acids is 1. The molecule has 0 spiro atoms. The van der Waals surface area contributed by atoms with Crippen LogP contribution < -0.4 is 10.5 Å². The number of amides is 1. The molecule has 0 radical (unpaired) electrons. The van der Waals surface area contributed by atoms with Gasteiger partial charge in [-0.05, 0) is 37.1 Å². The zero-order valence-electron chi connectivity index (χ0n) is 13.1. The highest BCUT2D eigenvalue weighted by molar-refractivity contribution is 6.29. The Morgan fingerprint density at radius 2 is 1.71 bits per heavy atom. The number of nitrogens with one attached hydrogen (secondary N) is 1. The number of aryl methyl sites for hydroxylation is 2. The third-order valence-corrected chi connectivity index (χ3v) is 3.24. The fourth-order valence-corrected chi connectivity index (χ4v) is 1.98. The first kappa shape index (κ1) is 19.9. The maximum Gasteiger partial charge on any atom is 0.438 e. The number of carbonyl (C=O) groups is 1. The van der Waals surface area contributed by atoms with Gasteiger partial charge in [-0.25, -0.2) is 14.8 Å². The highest BCUT2D eigenvalue weighted by atomic mass is 35.5. The van der Waals surface area contributed by atoms with Crippen LogP contribution in [0.3, 0.4) is 0 Å². The molecule has 1 amide bonds. The van der Waals surface area contributed by atoms with Crippen LogP contribution in [0, 0.1) is 13.8 Å². The van der Waals surface area contributed by atoms with E-state index in [2.05, 4.69) is 14.7 Å². The predicted molar refractivity (Wildman–Crippen MR) is 90.0 cm³/mol. The van der Waals surface area contributed by atoms with Crippen molar-refractivity contribution in [2.24, 2.45) is 0 Å². The number of anilines is 2. The summed E-state index contributed by atoms with van der Waals surface area (Å²) in [6.45, 7) is 3.52. The predicted octanol–water partition coefficient (Wildman–Crippen LogP) is 3.85. The summed E-state index contributed by atoms with van der Waals surface area (Å²) in [5.41, 5.74) is 4.30. The van der Waals surface area contributed by atoms with Crippen LogP contribution in [0.4, 0.5) is 16.2 Å². The topological polar surface area (TPSA) is 108 Å². The molecule has 0 saturated heterocycles. The minimum atomic E-state index is -0.878. The molecule has 0 aliphatic carbocycles. The minimum absolute atomic E-state index is 0.237. The first-order chi connectivity index (χ1) is 11.3. The molecule has 0 saturated carbocycles. The number of hydrogen-bond donors (Lipinski definition) is 3. The Morgan fingerprint density at radius 3 is 2.17 bits per heavy atom. The van der Waals surface area contributed by atoms with Crippen molar-refractivity contribution < 1.29 is 19.9 Å². The molecule has 0 atom stereocenters. The standard InChI is InChI=1S/C8H9ClN2O3.C6H7ClN2O/c1-5-3-7(9)10-4-6(5)11(13)8(12)14-2;1-4-2-6(7)8-3-5(4)9-10/h3-4,13H,1-2H3;2-3,9-10H,1H3. The molecule has 2 heterocycles. The second kappa shape index (κ2) is 9.24. The molecule has 3 N–H and O–H groups in total. The normalized spacial score (nSPS) is 9.62. The molecule has 0 unspecified atom stereocenters. The lowest BCUT2D eigenvalue weighted by Gasteiger charge is -2.14. The Hall–Kier alpha value is -2.13. The van der Waals surface area contributed by atoms with Gasteiger partial charge in [0.15, 0.2) is 0 Å². The number of hydrogen-bond acceptors (Lipinski definition) is 7. The Kier molecular flexibility index (Phi) is 7.66. The maximum atomic E-state index is 10.9. The molecule has 130 valence electrons. The molecule has 8 nitrogen and oxygen atoms in total. The fraction of sp³-hybridized carbons (Fsp3) is 0.214. The second-order valence-corrected chi connectivity index (χ2v) is 5.28. The first-order valence-electron chi connectivity index (χ1n) is 6.51. The number of nitrogens with zero attached hydrogens (tertiary/aromatic N) is 3. The minimum Gasteiger partial charge on any atom is -0.451 e. The van der Waals surface area contributed by atoms with Crippen molar-refractivity contribution in [2.45, 2.75) is 13.8 Å². The second-order valence-electron chi connectivity index (χ2n) is 4.51. The Labute approximate surface area is 148 Å². The van der Waals surface area contributed by atoms with Gasteiger partial charge in [-0.1, -0.05) is 23.2 Å².